The average Bonchev–Trinajstić information content (AvgIpc) is 3.11. The SMILES string of the molecule is CC(C)OC(=O)C(C)NP(=O)(OCC1(C(F)F)OC(n2cc(F)c(N)nc2=O)C(O)C1F)Oc1ccccc1. The van der Waals surface area contributed by atoms with Crippen molar-refractivity contribution in [3.05, 3.63) is 52.8 Å². The summed E-state index contributed by atoms with van der Waals surface area (Å²) in [6.07, 6.45) is -11.4. The van der Waals surface area contributed by atoms with Gasteiger partial charge in [-0.25, -0.2) is 26.9 Å². The van der Waals surface area contributed by atoms with Crippen LogP contribution < -0.4 is 21.0 Å². The van der Waals surface area contributed by atoms with Gasteiger partial charge in [-0.2, -0.15) is 10.1 Å². The maximum Gasteiger partial charge on any atom is 0.459 e. The standard InChI is InChI=1S/C22H27F4N4O8P/c1-11(2)36-19(32)12(3)29-39(34,38-13-7-5-4-6-8-13)35-10-22(20(25)26)16(24)15(31)18(37-22)30-9-14(23)17(27)28-21(30)33/h4-9,11-12,15-16,18,20,31H,10H2,1-3H3,(H,29,34)(H2,27,28,33). The number of carbonyl (C=O) groups excluding carboxylic acids is 1. The summed E-state index contributed by atoms with van der Waals surface area (Å²) in [6.45, 7) is 2.84. The van der Waals surface area contributed by atoms with Crippen LogP contribution in [-0.2, 0) is 23.4 Å². The van der Waals surface area contributed by atoms with E-state index >= 15 is 4.39 Å². The van der Waals surface area contributed by atoms with E-state index < -0.39 is 80.3 Å². The second kappa shape index (κ2) is 12.0. The van der Waals surface area contributed by atoms with Crippen LogP contribution >= 0.6 is 7.75 Å². The number of nitrogens with two attached hydrogens (primary N) is 1. The number of aliphatic hydroxyl groups excluding tert-OH is 1. The first-order valence-electron chi connectivity index (χ1n) is 11.5. The first kappa shape index (κ1) is 30.5. The van der Waals surface area contributed by atoms with Crippen molar-refractivity contribution in [3.8, 4) is 5.75 Å². The van der Waals surface area contributed by atoms with Crippen LogP contribution in [0.2, 0.25) is 0 Å². The van der Waals surface area contributed by atoms with E-state index in [0.717, 1.165) is 0 Å². The maximum atomic E-state index is 15.3. The van der Waals surface area contributed by atoms with Crippen LogP contribution in [0.1, 0.15) is 27.0 Å². The molecule has 1 fully saturated rings. The molecule has 17 heteroatoms. The number of carbonyl (C=O) groups is 1. The molecule has 1 saturated heterocycles. The average molecular weight is 582 g/mol. The Morgan fingerprint density at radius 1 is 1.31 bits per heavy atom. The van der Waals surface area contributed by atoms with Gasteiger partial charge in [-0.3, -0.25) is 13.9 Å². The fourth-order valence-electron chi connectivity index (χ4n) is 3.52. The largest absolute Gasteiger partial charge is 0.462 e. The predicted molar refractivity (Wildman–Crippen MR) is 127 cm³/mol. The van der Waals surface area contributed by atoms with E-state index in [4.69, 9.17) is 24.3 Å². The summed E-state index contributed by atoms with van der Waals surface area (Å²) in [5.41, 5.74) is 0.552. The molecule has 4 N–H and O–H groups in total. The Morgan fingerprint density at radius 3 is 2.54 bits per heavy atom. The quantitative estimate of drug-likeness (QED) is 0.202. The number of ether oxygens (including phenoxy) is 2. The van der Waals surface area contributed by atoms with Gasteiger partial charge in [0.25, 0.3) is 6.43 Å². The van der Waals surface area contributed by atoms with Gasteiger partial charge in [0.2, 0.25) is 0 Å². The number of nitrogens with zero attached hydrogens (tertiary/aromatic N) is 2. The van der Waals surface area contributed by atoms with Crippen molar-refractivity contribution in [1.29, 1.82) is 0 Å². The molecule has 1 aliphatic heterocycles. The topological polar surface area (TPSA) is 164 Å². The second-order valence-electron chi connectivity index (χ2n) is 8.83. The van der Waals surface area contributed by atoms with E-state index in [1.807, 2.05) is 0 Å². The zero-order valence-electron chi connectivity index (χ0n) is 20.9. The number of halogens is 4. The lowest BCUT2D eigenvalue weighted by Gasteiger charge is -2.31. The Kier molecular flexibility index (Phi) is 9.39. The molecule has 6 atom stereocenters. The summed E-state index contributed by atoms with van der Waals surface area (Å²) < 4.78 is 92.2. The normalized spacial score (nSPS) is 25.4. The first-order valence-corrected chi connectivity index (χ1v) is 13.0. The van der Waals surface area contributed by atoms with Crippen LogP contribution in [0.15, 0.2) is 41.3 Å². The Morgan fingerprint density at radius 2 is 1.95 bits per heavy atom. The van der Waals surface area contributed by atoms with Crippen LogP contribution in [0.25, 0.3) is 0 Å². The van der Waals surface area contributed by atoms with Gasteiger partial charge in [-0.05, 0) is 32.9 Å². The minimum absolute atomic E-state index is 0.0686. The van der Waals surface area contributed by atoms with Crippen molar-refractivity contribution in [1.82, 2.24) is 14.6 Å². The molecule has 216 valence electrons. The Bertz CT molecular complexity index is 1270. The summed E-state index contributed by atoms with van der Waals surface area (Å²) in [4.78, 5) is 27.5. The lowest BCUT2D eigenvalue weighted by molar-refractivity contribution is -0.183. The summed E-state index contributed by atoms with van der Waals surface area (Å²) in [7, 11) is -4.76. The maximum absolute atomic E-state index is 15.3. The number of anilines is 1. The van der Waals surface area contributed by atoms with Crippen molar-refractivity contribution >= 4 is 19.5 Å². The summed E-state index contributed by atoms with van der Waals surface area (Å²) in [5, 5.41) is 12.6. The molecule has 0 amide bonds. The van der Waals surface area contributed by atoms with Crippen molar-refractivity contribution in [2.75, 3.05) is 12.3 Å². The number of esters is 1. The molecule has 1 aliphatic rings. The zero-order chi connectivity index (χ0) is 29.1. The molecule has 0 bridgehead atoms. The van der Waals surface area contributed by atoms with Crippen LogP contribution in [-0.4, -0.2) is 63.7 Å². The fraction of sp³-hybridized carbons (Fsp3) is 0.500. The Hall–Kier alpha value is -3.04. The lowest BCUT2D eigenvalue weighted by Crippen LogP contribution is -2.51. The predicted octanol–water partition coefficient (Wildman–Crippen LogP) is 2.33. The van der Waals surface area contributed by atoms with Gasteiger partial charge in [0, 0.05) is 0 Å². The minimum Gasteiger partial charge on any atom is -0.462 e. The van der Waals surface area contributed by atoms with Gasteiger partial charge < -0.3 is 24.8 Å². The molecule has 1 aromatic carbocycles. The summed E-state index contributed by atoms with van der Waals surface area (Å²) in [5.74, 6) is -3.04. The number of aromatic nitrogens is 2. The van der Waals surface area contributed by atoms with E-state index in [-0.39, 0.29) is 10.3 Å². The molecule has 0 spiro atoms. The van der Waals surface area contributed by atoms with Crippen LogP contribution in [0.3, 0.4) is 0 Å². The number of nitrogens with one attached hydrogen (secondary N) is 1. The van der Waals surface area contributed by atoms with Crippen molar-refractivity contribution in [2.24, 2.45) is 0 Å². The van der Waals surface area contributed by atoms with Gasteiger partial charge in [0.15, 0.2) is 29.6 Å². The number of hydrogen-bond donors (Lipinski definition) is 3. The minimum atomic E-state index is -4.76. The Balaban J connectivity index is 1.92. The molecule has 0 saturated carbocycles. The molecular formula is C22H27F4N4O8P. The summed E-state index contributed by atoms with van der Waals surface area (Å²) in [6, 6.07) is 5.92. The molecule has 0 radical (unpaired) electrons. The molecule has 2 aromatic rings. The lowest BCUT2D eigenvalue weighted by atomic mass is 9.98. The highest BCUT2D eigenvalue weighted by atomic mass is 31.2. The number of alkyl halides is 3. The van der Waals surface area contributed by atoms with E-state index in [9.17, 15) is 32.4 Å². The van der Waals surface area contributed by atoms with Crippen molar-refractivity contribution in [3.63, 3.8) is 0 Å². The van der Waals surface area contributed by atoms with Gasteiger partial charge in [0.05, 0.1) is 18.9 Å². The van der Waals surface area contributed by atoms with Gasteiger partial charge in [-0.1, -0.05) is 18.2 Å². The van der Waals surface area contributed by atoms with Gasteiger partial charge in [0.1, 0.15) is 17.9 Å². The van der Waals surface area contributed by atoms with Gasteiger partial charge >= 0.3 is 19.4 Å². The van der Waals surface area contributed by atoms with E-state index in [2.05, 4.69) is 10.1 Å². The third kappa shape index (κ3) is 6.76. The number of benzene rings is 1. The van der Waals surface area contributed by atoms with E-state index in [1.165, 1.54) is 31.2 Å². The fourth-order valence-corrected chi connectivity index (χ4v) is 5.05. The smallest absolute Gasteiger partial charge is 0.459 e. The monoisotopic (exact) mass is 582 g/mol. The molecule has 0 aliphatic carbocycles. The molecular weight excluding hydrogens is 555 g/mol. The zero-order valence-corrected chi connectivity index (χ0v) is 21.8. The van der Waals surface area contributed by atoms with Crippen LogP contribution in [0.5, 0.6) is 5.75 Å². The molecule has 39 heavy (non-hydrogen) atoms. The Labute approximate surface area is 219 Å². The van der Waals surface area contributed by atoms with Gasteiger partial charge in [-0.15, -0.1) is 0 Å². The number of hydrogen-bond acceptors (Lipinski definition) is 10. The highest BCUT2D eigenvalue weighted by Crippen LogP contribution is 2.49. The third-order valence-corrected chi connectivity index (χ3v) is 7.09. The summed E-state index contributed by atoms with van der Waals surface area (Å²) >= 11 is 0. The third-order valence-electron chi connectivity index (χ3n) is 5.46. The van der Waals surface area contributed by atoms with Crippen molar-refractivity contribution < 1.29 is 50.5 Å². The molecule has 2 heterocycles. The molecule has 6 unspecified atom stereocenters. The second-order valence-corrected chi connectivity index (χ2v) is 10.5. The number of aliphatic hydroxyl groups is 1. The molecule has 1 aromatic heterocycles. The van der Waals surface area contributed by atoms with Crippen LogP contribution in [0, 0.1) is 5.82 Å². The van der Waals surface area contributed by atoms with Crippen LogP contribution in [0.4, 0.5) is 23.4 Å². The molecule has 3 rings (SSSR count). The number of rotatable bonds is 11. The van der Waals surface area contributed by atoms with E-state index in [0.29, 0.717) is 6.20 Å². The number of nitrogen functional groups attached to an aromatic ring is 1. The first-order chi connectivity index (χ1) is 18.2. The molecule has 12 nitrogen and oxygen atoms in total. The number of para-hydroxylation sites is 1. The van der Waals surface area contributed by atoms with E-state index in [1.54, 1.807) is 19.9 Å². The van der Waals surface area contributed by atoms with Crippen molar-refractivity contribution in [2.45, 2.75) is 63.4 Å². The highest BCUT2D eigenvalue weighted by Gasteiger charge is 2.63. The highest BCUT2D eigenvalue weighted by molar-refractivity contribution is 7.52.